The summed E-state index contributed by atoms with van der Waals surface area (Å²) in [7, 11) is 0. The van der Waals surface area contributed by atoms with Gasteiger partial charge in [-0.1, -0.05) is 48.5 Å². The van der Waals surface area contributed by atoms with Gasteiger partial charge in [-0.25, -0.2) is 0 Å². The zero-order valence-electron chi connectivity index (χ0n) is 10.1. The average Bonchev–Trinajstić information content (AvgIpc) is 2.39. The van der Waals surface area contributed by atoms with E-state index in [1.165, 1.54) is 22.3 Å². The summed E-state index contributed by atoms with van der Waals surface area (Å²) in [5.74, 6) is 0. The number of fused-ring (bicyclic) bond motifs is 1. The fraction of sp³-hybridized carbons (Fsp3) is 0.250. The molecule has 0 amide bonds. The quantitative estimate of drug-likeness (QED) is 0.781. The Morgan fingerprint density at radius 2 is 1.76 bits per heavy atom. The Kier molecular flexibility index (Phi) is 2.69. The van der Waals surface area contributed by atoms with Crippen molar-refractivity contribution in [1.29, 1.82) is 0 Å². The lowest BCUT2D eigenvalue weighted by molar-refractivity contribution is 0.514. The van der Waals surface area contributed by atoms with E-state index in [1.54, 1.807) is 0 Å². The smallest absolute Gasteiger partial charge is 0.0210 e. The van der Waals surface area contributed by atoms with Gasteiger partial charge in [-0.05, 0) is 35.6 Å². The van der Waals surface area contributed by atoms with Crippen LogP contribution in [0.3, 0.4) is 0 Å². The fourth-order valence-electron chi connectivity index (χ4n) is 2.48. The molecule has 0 spiro atoms. The van der Waals surface area contributed by atoms with Gasteiger partial charge < -0.3 is 5.32 Å². The largest absolute Gasteiger partial charge is 0.310 e. The first-order valence-corrected chi connectivity index (χ1v) is 6.23. The van der Waals surface area contributed by atoms with Crippen LogP contribution in [0, 0.1) is 0 Å². The number of rotatable bonds is 1. The molecule has 1 aliphatic heterocycles. The molecule has 17 heavy (non-hydrogen) atoms. The van der Waals surface area contributed by atoms with Gasteiger partial charge in [0, 0.05) is 12.6 Å². The van der Waals surface area contributed by atoms with Crippen LogP contribution in [0.15, 0.2) is 48.5 Å². The number of hydrogen-bond donors (Lipinski definition) is 1. The summed E-state index contributed by atoms with van der Waals surface area (Å²) in [6, 6.07) is 18.0. The molecule has 0 radical (unpaired) electrons. The standard InChI is InChI=1S/C16H17N/c1-12-9-16-10-14(7-8-15(16)11-17-12)13-5-3-2-4-6-13/h2-8,10,12,17H,9,11H2,1H3. The van der Waals surface area contributed by atoms with Crippen molar-refractivity contribution in [2.24, 2.45) is 0 Å². The zero-order chi connectivity index (χ0) is 11.7. The van der Waals surface area contributed by atoms with Crippen LogP contribution < -0.4 is 5.32 Å². The summed E-state index contributed by atoms with van der Waals surface area (Å²) in [5.41, 5.74) is 5.58. The molecule has 1 aliphatic rings. The zero-order valence-corrected chi connectivity index (χ0v) is 10.1. The van der Waals surface area contributed by atoms with E-state index in [0.29, 0.717) is 6.04 Å². The molecule has 1 N–H and O–H groups in total. The summed E-state index contributed by atoms with van der Waals surface area (Å²) in [6.45, 7) is 3.25. The Balaban J connectivity index is 2.01. The van der Waals surface area contributed by atoms with Crippen molar-refractivity contribution >= 4 is 0 Å². The summed E-state index contributed by atoms with van der Waals surface area (Å²) in [5, 5.41) is 3.50. The van der Waals surface area contributed by atoms with Crippen LogP contribution in [-0.2, 0) is 13.0 Å². The van der Waals surface area contributed by atoms with Gasteiger partial charge in [0.1, 0.15) is 0 Å². The van der Waals surface area contributed by atoms with Crippen LogP contribution in [0.1, 0.15) is 18.1 Å². The molecule has 1 nitrogen and oxygen atoms in total. The predicted molar refractivity (Wildman–Crippen MR) is 71.9 cm³/mol. The van der Waals surface area contributed by atoms with Crippen LogP contribution in [0.2, 0.25) is 0 Å². The molecule has 0 saturated heterocycles. The minimum absolute atomic E-state index is 0.591. The highest BCUT2D eigenvalue weighted by Crippen LogP contribution is 2.25. The van der Waals surface area contributed by atoms with Crippen molar-refractivity contribution in [3.63, 3.8) is 0 Å². The van der Waals surface area contributed by atoms with Gasteiger partial charge in [0.25, 0.3) is 0 Å². The molecular formula is C16H17N. The van der Waals surface area contributed by atoms with E-state index in [4.69, 9.17) is 0 Å². The average molecular weight is 223 g/mol. The monoisotopic (exact) mass is 223 g/mol. The second-order valence-corrected chi connectivity index (χ2v) is 4.84. The molecule has 1 unspecified atom stereocenters. The van der Waals surface area contributed by atoms with Crippen molar-refractivity contribution in [2.45, 2.75) is 25.9 Å². The fourth-order valence-corrected chi connectivity index (χ4v) is 2.48. The maximum Gasteiger partial charge on any atom is 0.0210 e. The summed E-state index contributed by atoms with van der Waals surface area (Å²) in [4.78, 5) is 0. The molecular weight excluding hydrogens is 206 g/mol. The van der Waals surface area contributed by atoms with Crippen molar-refractivity contribution < 1.29 is 0 Å². The predicted octanol–water partition coefficient (Wildman–Crippen LogP) is 3.39. The van der Waals surface area contributed by atoms with E-state index in [0.717, 1.165) is 13.0 Å². The Hall–Kier alpha value is -1.60. The molecule has 0 aromatic heterocycles. The van der Waals surface area contributed by atoms with Gasteiger partial charge in [-0.2, -0.15) is 0 Å². The van der Waals surface area contributed by atoms with Crippen LogP contribution >= 0.6 is 0 Å². The summed E-state index contributed by atoms with van der Waals surface area (Å²) < 4.78 is 0. The van der Waals surface area contributed by atoms with Crippen molar-refractivity contribution in [3.05, 3.63) is 59.7 Å². The third-order valence-electron chi connectivity index (χ3n) is 3.48. The van der Waals surface area contributed by atoms with Crippen LogP contribution in [0.4, 0.5) is 0 Å². The first kappa shape index (κ1) is 10.5. The number of nitrogens with one attached hydrogen (secondary N) is 1. The molecule has 86 valence electrons. The Labute approximate surface area is 102 Å². The normalized spacial score (nSPS) is 18.8. The third kappa shape index (κ3) is 2.11. The van der Waals surface area contributed by atoms with Gasteiger partial charge >= 0.3 is 0 Å². The van der Waals surface area contributed by atoms with E-state index in [-0.39, 0.29) is 0 Å². The second kappa shape index (κ2) is 4.34. The maximum absolute atomic E-state index is 3.50. The third-order valence-corrected chi connectivity index (χ3v) is 3.48. The molecule has 1 atom stereocenters. The van der Waals surface area contributed by atoms with Crippen molar-refractivity contribution in [1.82, 2.24) is 5.32 Å². The highest BCUT2D eigenvalue weighted by atomic mass is 14.9. The second-order valence-electron chi connectivity index (χ2n) is 4.84. The Bertz CT molecular complexity index is 516. The SMILES string of the molecule is CC1Cc2cc(-c3ccccc3)ccc2CN1. The Morgan fingerprint density at radius 1 is 0.941 bits per heavy atom. The minimum Gasteiger partial charge on any atom is -0.310 e. The molecule has 3 rings (SSSR count). The molecule has 1 heterocycles. The highest BCUT2D eigenvalue weighted by molar-refractivity contribution is 5.65. The first-order valence-electron chi connectivity index (χ1n) is 6.23. The lowest BCUT2D eigenvalue weighted by Gasteiger charge is -2.23. The van der Waals surface area contributed by atoms with E-state index in [2.05, 4.69) is 60.8 Å². The van der Waals surface area contributed by atoms with Gasteiger partial charge in [-0.3, -0.25) is 0 Å². The van der Waals surface area contributed by atoms with Gasteiger partial charge in [-0.15, -0.1) is 0 Å². The molecule has 0 fully saturated rings. The van der Waals surface area contributed by atoms with Gasteiger partial charge in [0.15, 0.2) is 0 Å². The van der Waals surface area contributed by atoms with Crippen LogP contribution in [0.25, 0.3) is 11.1 Å². The molecule has 0 aliphatic carbocycles. The summed E-state index contributed by atoms with van der Waals surface area (Å²) >= 11 is 0. The van der Waals surface area contributed by atoms with E-state index >= 15 is 0 Å². The molecule has 0 bridgehead atoms. The van der Waals surface area contributed by atoms with Crippen molar-refractivity contribution in [3.8, 4) is 11.1 Å². The van der Waals surface area contributed by atoms with E-state index in [9.17, 15) is 0 Å². The first-order chi connectivity index (χ1) is 8.33. The van der Waals surface area contributed by atoms with Crippen molar-refractivity contribution in [2.75, 3.05) is 0 Å². The van der Waals surface area contributed by atoms with Crippen LogP contribution in [0.5, 0.6) is 0 Å². The Morgan fingerprint density at radius 3 is 2.59 bits per heavy atom. The molecule has 2 aromatic carbocycles. The molecule has 1 heteroatoms. The van der Waals surface area contributed by atoms with Gasteiger partial charge in [0.05, 0.1) is 0 Å². The summed E-state index contributed by atoms with van der Waals surface area (Å²) in [6.07, 6.45) is 1.13. The number of benzene rings is 2. The minimum atomic E-state index is 0.591. The topological polar surface area (TPSA) is 12.0 Å². The van der Waals surface area contributed by atoms with E-state index < -0.39 is 0 Å². The highest BCUT2D eigenvalue weighted by Gasteiger charge is 2.14. The molecule has 2 aromatic rings. The lowest BCUT2D eigenvalue weighted by atomic mass is 9.93. The lowest BCUT2D eigenvalue weighted by Crippen LogP contribution is -2.32. The maximum atomic E-state index is 3.50. The van der Waals surface area contributed by atoms with Gasteiger partial charge in [0.2, 0.25) is 0 Å². The van der Waals surface area contributed by atoms with E-state index in [1.807, 2.05) is 0 Å². The molecule has 0 saturated carbocycles. The number of hydrogen-bond acceptors (Lipinski definition) is 1. The van der Waals surface area contributed by atoms with Crippen LogP contribution in [-0.4, -0.2) is 6.04 Å².